The van der Waals surface area contributed by atoms with Crippen LogP contribution in [-0.2, 0) is 17.7 Å². The van der Waals surface area contributed by atoms with Gasteiger partial charge in [-0.25, -0.2) is 4.98 Å². The summed E-state index contributed by atoms with van der Waals surface area (Å²) in [6.45, 7) is 4.99. The van der Waals surface area contributed by atoms with Gasteiger partial charge in [0.15, 0.2) is 5.82 Å². The Morgan fingerprint density at radius 2 is 2.00 bits per heavy atom. The van der Waals surface area contributed by atoms with Crippen molar-refractivity contribution in [3.05, 3.63) is 17.2 Å². The summed E-state index contributed by atoms with van der Waals surface area (Å²) in [6.07, 6.45) is 9.25. The van der Waals surface area contributed by atoms with Crippen LogP contribution in [0.15, 0.2) is 0 Å². The van der Waals surface area contributed by atoms with Crippen molar-refractivity contribution < 1.29 is 14.3 Å². The molecule has 2 atom stereocenters. The summed E-state index contributed by atoms with van der Waals surface area (Å²) in [5, 5.41) is 2.98. The van der Waals surface area contributed by atoms with Gasteiger partial charge in [-0.2, -0.15) is 0 Å². The molecule has 1 aromatic rings. The van der Waals surface area contributed by atoms with Gasteiger partial charge in [0.2, 0.25) is 0 Å². The molecule has 2 fully saturated rings. The van der Waals surface area contributed by atoms with Crippen molar-refractivity contribution in [2.45, 2.75) is 83.4 Å². The Morgan fingerprint density at radius 1 is 1.14 bits per heavy atom. The summed E-state index contributed by atoms with van der Waals surface area (Å²) in [5.74, 6) is 0.274. The fourth-order valence-corrected chi connectivity index (χ4v) is 4.80. The second kappa shape index (κ2) is 8.64. The van der Waals surface area contributed by atoms with Gasteiger partial charge in [0.05, 0.1) is 11.8 Å². The standard InChI is InChI=1S/C21H32N4O3/c1-2-15-8-3-5-11-24(15)21(27)19-23-18(17-10-4-6-12-25(17)19)20(26)22-14-16-9-7-13-28-16/h15-16H,2-14H2,1H3,(H,22,26). The highest BCUT2D eigenvalue weighted by molar-refractivity contribution is 5.97. The number of amides is 2. The summed E-state index contributed by atoms with van der Waals surface area (Å²) < 4.78 is 7.61. The zero-order chi connectivity index (χ0) is 19.5. The van der Waals surface area contributed by atoms with Gasteiger partial charge in [-0.1, -0.05) is 6.92 Å². The molecular weight excluding hydrogens is 356 g/mol. The molecule has 1 N–H and O–H groups in total. The molecule has 2 saturated heterocycles. The summed E-state index contributed by atoms with van der Waals surface area (Å²) in [6, 6.07) is 0.287. The average molecular weight is 389 g/mol. The lowest BCUT2D eigenvalue weighted by Gasteiger charge is -2.35. The highest BCUT2D eigenvalue weighted by Crippen LogP contribution is 2.26. The van der Waals surface area contributed by atoms with Gasteiger partial charge in [0.25, 0.3) is 11.8 Å². The molecule has 0 aromatic carbocycles. The van der Waals surface area contributed by atoms with Crippen molar-refractivity contribution in [3.63, 3.8) is 0 Å². The Kier molecular flexibility index (Phi) is 5.99. The van der Waals surface area contributed by atoms with E-state index in [1.54, 1.807) is 0 Å². The van der Waals surface area contributed by atoms with Crippen molar-refractivity contribution in [3.8, 4) is 0 Å². The monoisotopic (exact) mass is 388 g/mol. The van der Waals surface area contributed by atoms with Gasteiger partial charge in [-0.05, 0) is 57.8 Å². The van der Waals surface area contributed by atoms with E-state index < -0.39 is 0 Å². The van der Waals surface area contributed by atoms with Crippen molar-refractivity contribution in [1.29, 1.82) is 0 Å². The van der Waals surface area contributed by atoms with Gasteiger partial charge in [-0.15, -0.1) is 0 Å². The molecule has 4 rings (SSSR count). The first-order valence-electron chi connectivity index (χ1n) is 11.0. The smallest absolute Gasteiger partial charge is 0.290 e. The molecule has 2 unspecified atom stereocenters. The molecule has 0 aliphatic carbocycles. The molecule has 4 heterocycles. The molecule has 1 aromatic heterocycles. The van der Waals surface area contributed by atoms with E-state index in [0.29, 0.717) is 18.1 Å². The van der Waals surface area contributed by atoms with Crippen LogP contribution >= 0.6 is 0 Å². The largest absolute Gasteiger partial charge is 0.376 e. The van der Waals surface area contributed by atoms with E-state index in [1.807, 2.05) is 9.47 Å². The molecule has 3 aliphatic rings. The summed E-state index contributed by atoms with van der Waals surface area (Å²) in [5.41, 5.74) is 1.36. The first-order chi connectivity index (χ1) is 13.7. The van der Waals surface area contributed by atoms with Crippen LogP contribution in [0.3, 0.4) is 0 Å². The molecule has 0 spiro atoms. The topological polar surface area (TPSA) is 76.5 Å². The number of carbonyl (C=O) groups is 2. The fraction of sp³-hybridized carbons (Fsp3) is 0.762. The SMILES string of the molecule is CCC1CCCCN1C(=O)c1nc(C(=O)NCC2CCCO2)c2n1CCCC2. The number of aromatic nitrogens is 2. The lowest BCUT2D eigenvalue weighted by molar-refractivity contribution is 0.0589. The predicted molar refractivity (Wildman–Crippen MR) is 105 cm³/mol. The highest BCUT2D eigenvalue weighted by atomic mass is 16.5. The fourth-order valence-electron chi connectivity index (χ4n) is 4.80. The number of likely N-dealkylation sites (tertiary alicyclic amines) is 1. The Balaban J connectivity index is 1.56. The van der Waals surface area contributed by atoms with Crippen LogP contribution in [0.5, 0.6) is 0 Å². The van der Waals surface area contributed by atoms with Crippen LogP contribution in [0, 0.1) is 0 Å². The molecule has 2 amide bonds. The van der Waals surface area contributed by atoms with Crippen LogP contribution in [-0.4, -0.2) is 58.1 Å². The number of hydrogen-bond donors (Lipinski definition) is 1. The van der Waals surface area contributed by atoms with E-state index in [0.717, 1.165) is 76.8 Å². The van der Waals surface area contributed by atoms with Crippen LogP contribution < -0.4 is 5.32 Å². The maximum Gasteiger partial charge on any atom is 0.290 e. The zero-order valence-electron chi connectivity index (χ0n) is 16.9. The van der Waals surface area contributed by atoms with E-state index in [-0.39, 0.29) is 24.0 Å². The van der Waals surface area contributed by atoms with Gasteiger partial charge >= 0.3 is 0 Å². The van der Waals surface area contributed by atoms with Crippen molar-refractivity contribution in [1.82, 2.24) is 19.8 Å². The maximum atomic E-state index is 13.3. The number of nitrogens with one attached hydrogen (secondary N) is 1. The molecule has 7 heteroatoms. The number of ether oxygens (including phenoxy) is 1. The summed E-state index contributed by atoms with van der Waals surface area (Å²) >= 11 is 0. The lowest BCUT2D eigenvalue weighted by atomic mass is 10.00. The Bertz CT molecular complexity index is 723. The number of fused-ring (bicyclic) bond motifs is 1. The minimum Gasteiger partial charge on any atom is -0.376 e. The van der Waals surface area contributed by atoms with Crippen LogP contribution in [0.1, 0.15) is 85.1 Å². The Labute approximate surface area is 166 Å². The molecular formula is C21H32N4O3. The van der Waals surface area contributed by atoms with Crippen LogP contribution in [0.25, 0.3) is 0 Å². The Morgan fingerprint density at radius 3 is 2.79 bits per heavy atom. The molecule has 0 radical (unpaired) electrons. The molecule has 7 nitrogen and oxygen atoms in total. The first kappa shape index (κ1) is 19.4. The third kappa shape index (κ3) is 3.81. The Hall–Kier alpha value is -1.89. The molecule has 28 heavy (non-hydrogen) atoms. The third-order valence-corrected chi connectivity index (χ3v) is 6.40. The van der Waals surface area contributed by atoms with E-state index in [2.05, 4.69) is 17.2 Å². The van der Waals surface area contributed by atoms with Crippen LogP contribution in [0.4, 0.5) is 0 Å². The normalized spacial score (nSPS) is 24.8. The molecule has 0 saturated carbocycles. The van der Waals surface area contributed by atoms with Crippen molar-refractivity contribution in [2.75, 3.05) is 19.7 Å². The van der Waals surface area contributed by atoms with Gasteiger partial charge in [-0.3, -0.25) is 9.59 Å². The third-order valence-electron chi connectivity index (χ3n) is 6.40. The van der Waals surface area contributed by atoms with E-state index in [4.69, 9.17) is 4.74 Å². The van der Waals surface area contributed by atoms with E-state index in [9.17, 15) is 9.59 Å². The molecule has 3 aliphatic heterocycles. The molecule has 154 valence electrons. The minimum atomic E-state index is -0.175. The summed E-state index contributed by atoms with van der Waals surface area (Å²) in [7, 11) is 0. The quantitative estimate of drug-likeness (QED) is 0.841. The number of nitrogens with zero attached hydrogens (tertiary/aromatic N) is 3. The zero-order valence-corrected chi connectivity index (χ0v) is 16.9. The number of piperidine rings is 1. The van der Waals surface area contributed by atoms with Gasteiger partial charge in [0, 0.05) is 32.3 Å². The second-order valence-corrected chi connectivity index (χ2v) is 8.24. The maximum absolute atomic E-state index is 13.3. The second-order valence-electron chi connectivity index (χ2n) is 8.24. The van der Waals surface area contributed by atoms with Gasteiger partial charge in [0.1, 0.15) is 5.69 Å². The van der Waals surface area contributed by atoms with Crippen molar-refractivity contribution in [2.24, 2.45) is 0 Å². The van der Waals surface area contributed by atoms with Crippen molar-refractivity contribution >= 4 is 11.8 Å². The number of carbonyl (C=O) groups excluding carboxylic acids is 2. The summed E-state index contributed by atoms with van der Waals surface area (Å²) in [4.78, 5) is 32.8. The van der Waals surface area contributed by atoms with Crippen LogP contribution in [0.2, 0.25) is 0 Å². The first-order valence-corrected chi connectivity index (χ1v) is 11.0. The number of hydrogen-bond acceptors (Lipinski definition) is 4. The minimum absolute atomic E-state index is 0.00660. The average Bonchev–Trinajstić information content (AvgIpc) is 3.39. The lowest BCUT2D eigenvalue weighted by Crippen LogP contribution is -2.44. The van der Waals surface area contributed by atoms with E-state index >= 15 is 0 Å². The van der Waals surface area contributed by atoms with E-state index in [1.165, 1.54) is 6.42 Å². The number of rotatable bonds is 5. The highest BCUT2D eigenvalue weighted by Gasteiger charge is 2.33. The molecule has 0 bridgehead atoms. The van der Waals surface area contributed by atoms with Gasteiger partial charge < -0.3 is 19.5 Å². The number of imidazole rings is 1. The predicted octanol–water partition coefficient (Wildman–Crippen LogP) is 2.53.